The van der Waals surface area contributed by atoms with E-state index in [1.54, 1.807) is 24.5 Å². The third kappa shape index (κ3) is 7.39. The number of Topliss-reactive ketones (excluding diaryl/α,β-unsaturated/α-hetero) is 1. The lowest BCUT2D eigenvalue weighted by Crippen LogP contribution is -2.21. The fourth-order valence-corrected chi connectivity index (χ4v) is 4.24. The summed E-state index contributed by atoms with van der Waals surface area (Å²) in [5, 5.41) is 4.06. The van der Waals surface area contributed by atoms with Crippen LogP contribution in [0.5, 0.6) is 0 Å². The Hall–Kier alpha value is -3.20. The predicted molar refractivity (Wildman–Crippen MR) is 128 cm³/mol. The molecular weight excluding hydrogens is 457 g/mol. The summed E-state index contributed by atoms with van der Waals surface area (Å²) in [5.41, 5.74) is 3.92. The lowest BCUT2D eigenvalue weighted by Gasteiger charge is -2.12. The number of benzene rings is 1. The summed E-state index contributed by atoms with van der Waals surface area (Å²) in [4.78, 5) is 24.3. The Kier molecular flexibility index (Phi) is 8.17. The number of fused-ring (bicyclic) bond motifs is 1. The molecule has 3 aromatic rings. The van der Waals surface area contributed by atoms with Gasteiger partial charge in [-0.2, -0.15) is 13.2 Å². The van der Waals surface area contributed by atoms with Crippen molar-refractivity contribution in [2.75, 3.05) is 26.2 Å². The number of ketones is 1. The highest BCUT2D eigenvalue weighted by Crippen LogP contribution is 2.24. The van der Waals surface area contributed by atoms with Gasteiger partial charge in [-0.05, 0) is 56.1 Å². The van der Waals surface area contributed by atoms with Crippen molar-refractivity contribution in [1.29, 1.82) is 0 Å². The molecule has 1 fully saturated rings. The fourth-order valence-electron chi connectivity index (χ4n) is 4.24. The quantitative estimate of drug-likeness (QED) is 0.210. The molecule has 4 rings (SSSR count). The zero-order chi connectivity index (χ0) is 24.7. The molecule has 186 valence electrons. The van der Waals surface area contributed by atoms with Crippen molar-refractivity contribution in [3.05, 3.63) is 59.9 Å². The monoisotopic (exact) mass is 486 g/mol. The van der Waals surface area contributed by atoms with Crippen LogP contribution < -0.4 is 0 Å². The highest BCUT2D eigenvalue weighted by atomic mass is 19.4. The second-order valence-corrected chi connectivity index (χ2v) is 8.83. The van der Waals surface area contributed by atoms with Crippen LogP contribution in [0.15, 0.2) is 53.9 Å². The second kappa shape index (κ2) is 11.5. The minimum absolute atomic E-state index is 0.0285. The van der Waals surface area contributed by atoms with E-state index in [-0.39, 0.29) is 6.42 Å². The molecule has 2 aromatic heterocycles. The Morgan fingerprint density at radius 2 is 2.00 bits per heavy atom. The Labute approximate surface area is 202 Å². The summed E-state index contributed by atoms with van der Waals surface area (Å²) in [6.45, 7) is 3.99. The molecule has 0 saturated carbocycles. The molecule has 1 aliphatic rings. The maximum Gasteiger partial charge on any atom is 0.389 e. The third-order valence-corrected chi connectivity index (χ3v) is 6.03. The Balaban J connectivity index is 1.34. The second-order valence-electron chi connectivity index (χ2n) is 8.83. The number of hydrogen-bond donors (Lipinski definition) is 0. The van der Waals surface area contributed by atoms with Gasteiger partial charge in [0.05, 0.1) is 24.5 Å². The van der Waals surface area contributed by atoms with Crippen LogP contribution >= 0.6 is 0 Å². The number of nitrogens with zero attached hydrogens (tertiary/aromatic N) is 4. The summed E-state index contributed by atoms with van der Waals surface area (Å²) in [6.07, 6.45) is 2.86. The summed E-state index contributed by atoms with van der Waals surface area (Å²) in [5.74, 6) is -0.431. The topological polar surface area (TPSA) is 59.2 Å². The molecule has 35 heavy (non-hydrogen) atoms. The summed E-state index contributed by atoms with van der Waals surface area (Å²) in [6, 6.07) is 11.0. The van der Waals surface area contributed by atoms with Gasteiger partial charge in [-0.3, -0.25) is 9.20 Å². The van der Waals surface area contributed by atoms with Gasteiger partial charge in [0, 0.05) is 36.7 Å². The van der Waals surface area contributed by atoms with Crippen molar-refractivity contribution < 1.29 is 22.8 Å². The molecule has 1 aliphatic heterocycles. The van der Waals surface area contributed by atoms with Crippen LogP contribution in [0.3, 0.4) is 0 Å². The van der Waals surface area contributed by atoms with Crippen molar-refractivity contribution in [3.8, 4) is 11.3 Å². The average Bonchev–Trinajstić information content (AvgIpc) is 3.49. The fraction of sp³-hybridized carbons (Fsp3) is 0.423. The van der Waals surface area contributed by atoms with Gasteiger partial charge in [-0.25, -0.2) is 4.98 Å². The van der Waals surface area contributed by atoms with Crippen LogP contribution in [0.1, 0.15) is 43.2 Å². The van der Waals surface area contributed by atoms with Crippen LogP contribution in [0.25, 0.3) is 16.9 Å². The Bertz CT molecular complexity index is 1170. The highest BCUT2D eigenvalue weighted by molar-refractivity contribution is 5.82. The van der Waals surface area contributed by atoms with Crippen molar-refractivity contribution >= 4 is 17.6 Å². The molecule has 0 amide bonds. The minimum atomic E-state index is -4.32. The molecule has 9 heteroatoms. The van der Waals surface area contributed by atoms with E-state index in [4.69, 9.17) is 4.84 Å². The maximum atomic E-state index is 12.4. The van der Waals surface area contributed by atoms with E-state index in [1.165, 1.54) is 25.9 Å². The summed E-state index contributed by atoms with van der Waals surface area (Å²) >= 11 is 0. The number of oxime groups is 1. The number of likely N-dealkylation sites (tertiary alicyclic amines) is 1. The highest BCUT2D eigenvalue weighted by Gasteiger charge is 2.27. The van der Waals surface area contributed by atoms with Crippen LogP contribution in [0.4, 0.5) is 13.2 Å². The Morgan fingerprint density at radius 3 is 2.80 bits per heavy atom. The first-order valence-electron chi connectivity index (χ1n) is 11.9. The van der Waals surface area contributed by atoms with Crippen molar-refractivity contribution in [2.24, 2.45) is 5.16 Å². The van der Waals surface area contributed by atoms with Gasteiger partial charge < -0.3 is 9.74 Å². The predicted octanol–water partition coefficient (Wildman–Crippen LogP) is 5.29. The van der Waals surface area contributed by atoms with Crippen molar-refractivity contribution in [1.82, 2.24) is 14.3 Å². The van der Waals surface area contributed by atoms with E-state index < -0.39 is 24.8 Å². The van der Waals surface area contributed by atoms with Gasteiger partial charge in [0.2, 0.25) is 0 Å². The largest absolute Gasteiger partial charge is 0.396 e. The van der Waals surface area contributed by atoms with E-state index in [1.807, 2.05) is 34.9 Å². The van der Waals surface area contributed by atoms with Crippen LogP contribution in [-0.2, 0) is 16.1 Å². The van der Waals surface area contributed by atoms with E-state index in [9.17, 15) is 18.0 Å². The first kappa shape index (κ1) is 24.9. The van der Waals surface area contributed by atoms with E-state index >= 15 is 0 Å². The van der Waals surface area contributed by atoms with Gasteiger partial charge in [0.1, 0.15) is 18.0 Å². The number of imidazole rings is 1. The number of halogens is 3. The molecule has 0 aliphatic carbocycles. The average molecular weight is 487 g/mol. The standard InChI is InChI=1S/C26H29F3N4O2/c27-26(28,29)9-7-23(34)16-20-5-3-6-22(15-20)24-19-30-25-17-21(8-13-33(24)25)18-31-35-14-4-12-32-10-1-2-11-32/h3,5-6,8,13,15,17-19H,1-2,4,7,9-12,14,16H2. The molecule has 0 bridgehead atoms. The molecule has 0 N–H and O–H groups in total. The number of aromatic nitrogens is 2. The lowest BCUT2D eigenvalue weighted by molar-refractivity contribution is -0.143. The molecule has 0 atom stereocenters. The smallest absolute Gasteiger partial charge is 0.389 e. The number of pyridine rings is 1. The summed E-state index contributed by atoms with van der Waals surface area (Å²) in [7, 11) is 0. The first-order valence-corrected chi connectivity index (χ1v) is 11.9. The maximum absolute atomic E-state index is 12.4. The lowest BCUT2D eigenvalue weighted by atomic mass is 10.0. The Morgan fingerprint density at radius 1 is 1.17 bits per heavy atom. The van der Waals surface area contributed by atoms with Gasteiger partial charge in [0.15, 0.2) is 0 Å². The number of hydrogen-bond acceptors (Lipinski definition) is 5. The first-order chi connectivity index (χ1) is 16.9. The zero-order valence-corrected chi connectivity index (χ0v) is 19.5. The molecule has 6 nitrogen and oxygen atoms in total. The van der Waals surface area contributed by atoms with E-state index in [0.29, 0.717) is 12.2 Å². The molecule has 0 spiro atoms. The van der Waals surface area contributed by atoms with Gasteiger partial charge in [-0.15, -0.1) is 0 Å². The number of carbonyl (C=O) groups excluding carboxylic acids is 1. The molecule has 1 saturated heterocycles. The number of carbonyl (C=O) groups is 1. The third-order valence-electron chi connectivity index (χ3n) is 6.03. The van der Waals surface area contributed by atoms with E-state index in [2.05, 4.69) is 15.0 Å². The molecule has 0 unspecified atom stereocenters. The normalized spacial score (nSPS) is 14.8. The number of rotatable bonds is 11. The zero-order valence-electron chi connectivity index (χ0n) is 19.5. The minimum Gasteiger partial charge on any atom is -0.396 e. The van der Waals surface area contributed by atoms with Gasteiger partial charge in [-0.1, -0.05) is 23.4 Å². The number of alkyl halides is 3. The molecule has 0 radical (unpaired) electrons. The van der Waals surface area contributed by atoms with Gasteiger partial charge >= 0.3 is 6.18 Å². The molecular formula is C26H29F3N4O2. The van der Waals surface area contributed by atoms with Crippen molar-refractivity contribution in [2.45, 2.75) is 44.7 Å². The van der Waals surface area contributed by atoms with Gasteiger partial charge in [0.25, 0.3) is 0 Å². The molecule has 3 heterocycles. The SMILES string of the molecule is O=C(CCC(F)(F)F)Cc1cccc(-c2cnc3cc(C=NOCCCN4CCCC4)ccn23)c1. The van der Waals surface area contributed by atoms with E-state index in [0.717, 1.165) is 35.4 Å². The van der Waals surface area contributed by atoms with Crippen LogP contribution in [0.2, 0.25) is 0 Å². The van der Waals surface area contributed by atoms with Crippen molar-refractivity contribution in [3.63, 3.8) is 0 Å². The summed E-state index contributed by atoms with van der Waals surface area (Å²) < 4.78 is 39.0. The van der Waals surface area contributed by atoms with Crippen LogP contribution in [0, 0.1) is 0 Å². The van der Waals surface area contributed by atoms with Crippen LogP contribution in [-0.4, -0.2) is 58.7 Å². The molecule has 1 aromatic carbocycles.